The summed E-state index contributed by atoms with van der Waals surface area (Å²) in [4.78, 5) is 11.6. The SMILES string of the molecule is CCCC1CCC(c2ccc(C(=O)OCC)cc2)CC1. The van der Waals surface area contributed by atoms with Gasteiger partial charge >= 0.3 is 5.97 Å². The Morgan fingerprint density at radius 2 is 1.75 bits per heavy atom. The van der Waals surface area contributed by atoms with Crippen molar-refractivity contribution in [2.45, 2.75) is 58.3 Å². The predicted octanol–water partition coefficient (Wildman–Crippen LogP) is 4.94. The van der Waals surface area contributed by atoms with Crippen LogP contribution < -0.4 is 0 Å². The van der Waals surface area contributed by atoms with Crippen molar-refractivity contribution in [3.05, 3.63) is 35.4 Å². The molecule has 0 unspecified atom stereocenters. The molecule has 0 aliphatic heterocycles. The van der Waals surface area contributed by atoms with Gasteiger partial charge in [-0.1, -0.05) is 31.9 Å². The van der Waals surface area contributed by atoms with Crippen molar-refractivity contribution in [2.24, 2.45) is 5.92 Å². The van der Waals surface area contributed by atoms with Crippen molar-refractivity contribution in [3.8, 4) is 0 Å². The molecule has 110 valence electrons. The number of hydrogen-bond acceptors (Lipinski definition) is 2. The van der Waals surface area contributed by atoms with E-state index in [1.54, 1.807) is 0 Å². The van der Waals surface area contributed by atoms with Crippen molar-refractivity contribution < 1.29 is 9.53 Å². The minimum atomic E-state index is -0.217. The molecule has 1 saturated carbocycles. The van der Waals surface area contributed by atoms with Gasteiger partial charge in [0.15, 0.2) is 0 Å². The molecular formula is C18H26O2. The quantitative estimate of drug-likeness (QED) is 0.711. The fourth-order valence-electron chi connectivity index (χ4n) is 3.30. The molecule has 0 atom stereocenters. The van der Waals surface area contributed by atoms with E-state index >= 15 is 0 Å². The maximum atomic E-state index is 11.6. The maximum Gasteiger partial charge on any atom is 0.338 e. The highest BCUT2D eigenvalue weighted by Gasteiger charge is 2.21. The summed E-state index contributed by atoms with van der Waals surface area (Å²) in [5.74, 6) is 1.40. The molecule has 2 heteroatoms. The predicted molar refractivity (Wildman–Crippen MR) is 82.0 cm³/mol. The van der Waals surface area contributed by atoms with E-state index in [0.717, 1.165) is 5.92 Å². The number of esters is 1. The molecule has 0 aromatic heterocycles. The van der Waals surface area contributed by atoms with Crippen LogP contribution in [0.4, 0.5) is 0 Å². The third-order valence-electron chi connectivity index (χ3n) is 4.44. The summed E-state index contributed by atoms with van der Waals surface area (Å²) < 4.78 is 5.02. The lowest BCUT2D eigenvalue weighted by molar-refractivity contribution is 0.0526. The lowest BCUT2D eigenvalue weighted by atomic mass is 9.77. The molecule has 0 amide bonds. The van der Waals surface area contributed by atoms with Crippen molar-refractivity contribution in [2.75, 3.05) is 6.61 Å². The van der Waals surface area contributed by atoms with Crippen LogP contribution in [0.3, 0.4) is 0 Å². The summed E-state index contributed by atoms with van der Waals surface area (Å²) in [7, 11) is 0. The molecule has 2 nitrogen and oxygen atoms in total. The van der Waals surface area contributed by atoms with Crippen molar-refractivity contribution in [1.82, 2.24) is 0 Å². The van der Waals surface area contributed by atoms with Crippen molar-refractivity contribution in [1.29, 1.82) is 0 Å². The average Bonchev–Trinajstić information content (AvgIpc) is 2.49. The Morgan fingerprint density at radius 1 is 1.10 bits per heavy atom. The Labute approximate surface area is 122 Å². The summed E-state index contributed by atoms with van der Waals surface area (Å²) in [5, 5.41) is 0. The van der Waals surface area contributed by atoms with E-state index in [1.165, 1.54) is 44.1 Å². The number of hydrogen-bond donors (Lipinski definition) is 0. The Hall–Kier alpha value is -1.31. The average molecular weight is 274 g/mol. The van der Waals surface area contributed by atoms with Crippen LogP contribution in [0.25, 0.3) is 0 Å². The first-order valence-electron chi connectivity index (χ1n) is 8.01. The molecule has 2 rings (SSSR count). The van der Waals surface area contributed by atoms with Gasteiger partial charge in [0.2, 0.25) is 0 Å². The fourth-order valence-corrected chi connectivity index (χ4v) is 3.30. The van der Waals surface area contributed by atoms with Crippen LogP contribution in [-0.2, 0) is 4.74 Å². The van der Waals surface area contributed by atoms with Crippen LogP contribution >= 0.6 is 0 Å². The Bertz CT molecular complexity index is 414. The van der Waals surface area contributed by atoms with Gasteiger partial charge in [0, 0.05) is 0 Å². The van der Waals surface area contributed by atoms with Gasteiger partial charge in [0.25, 0.3) is 0 Å². The minimum Gasteiger partial charge on any atom is -0.462 e. The Balaban J connectivity index is 1.92. The first kappa shape index (κ1) is 15.1. The normalized spacial score (nSPS) is 22.5. The van der Waals surface area contributed by atoms with Crippen molar-refractivity contribution >= 4 is 5.97 Å². The summed E-state index contributed by atoms with van der Waals surface area (Å²) in [6.45, 7) is 4.54. The number of rotatable bonds is 5. The molecule has 0 spiro atoms. The van der Waals surface area contributed by atoms with Gasteiger partial charge in [-0.2, -0.15) is 0 Å². The molecular weight excluding hydrogens is 248 g/mol. The maximum absolute atomic E-state index is 11.6. The smallest absolute Gasteiger partial charge is 0.338 e. The van der Waals surface area contributed by atoms with Crippen LogP contribution in [0.5, 0.6) is 0 Å². The largest absolute Gasteiger partial charge is 0.462 e. The van der Waals surface area contributed by atoms with Gasteiger partial charge in [0.1, 0.15) is 0 Å². The second kappa shape index (κ2) is 7.47. The second-order valence-electron chi connectivity index (χ2n) is 5.85. The molecule has 1 aliphatic rings. The van der Waals surface area contributed by atoms with Crippen LogP contribution in [0, 0.1) is 5.92 Å². The van der Waals surface area contributed by atoms with Crippen molar-refractivity contribution in [3.63, 3.8) is 0 Å². The molecule has 0 heterocycles. The zero-order chi connectivity index (χ0) is 14.4. The first-order valence-corrected chi connectivity index (χ1v) is 8.01. The fraction of sp³-hybridized carbons (Fsp3) is 0.611. The van der Waals surface area contributed by atoms with E-state index < -0.39 is 0 Å². The van der Waals surface area contributed by atoms with Crippen LogP contribution in [0.15, 0.2) is 24.3 Å². The molecule has 20 heavy (non-hydrogen) atoms. The zero-order valence-electron chi connectivity index (χ0n) is 12.7. The van der Waals surface area contributed by atoms with Gasteiger partial charge in [-0.25, -0.2) is 4.79 Å². The molecule has 0 bridgehead atoms. The topological polar surface area (TPSA) is 26.3 Å². The van der Waals surface area contributed by atoms with Gasteiger partial charge in [0.05, 0.1) is 12.2 Å². The van der Waals surface area contributed by atoms with E-state index in [9.17, 15) is 4.79 Å². The third-order valence-corrected chi connectivity index (χ3v) is 4.44. The molecule has 1 fully saturated rings. The van der Waals surface area contributed by atoms with Gasteiger partial charge in [-0.3, -0.25) is 0 Å². The van der Waals surface area contributed by atoms with Gasteiger partial charge in [-0.05, 0) is 62.1 Å². The van der Waals surface area contributed by atoms with E-state index in [4.69, 9.17) is 4.74 Å². The van der Waals surface area contributed by atoms with E-state index in [1.807, 2.05) is 19.1 Å². The number of benzene rings is 1. The highest BCUT2D eigenvalue weighted by atomic mass is 16.5. The van der Waals surface area contributed by atoms with E-state index in [2.05, 4.69) is 19.1 Å². The zero-order valence-corrected chi connectivity index (χ0v) is 12.7. The van der Waals surface area contributed by atoms with Gasteiger partial charge in [-0.15, -0.1) is 0 Å². The number of ether oxygens (including phenoxy) is 1. The molecule has 0 radical (unpaired) electrons. The lowest BCUT2D eigenvalue weighted by Gasteiger charge is -2.28. The molecule has 1 aromatic carbocycles. The monoisotopic (exact) mass is 274 g/mol. The van der Waals surface area contributed by atoms with Crippen LogP contribution in [0.1, 0.15) is 74.2 Å². The van der Waals surface area contributed by atoms with Crippen LogP contribution in [-0.4, -0.2) is 12.6 Å². The molecule has 1 aliphatic carbocycles. The van der Waals surface area contributed by atoms with Gasteiger partial charge < -0.3 is 4.74 Å². The summed E-state index contributed by atoms with van der Waals surface area (Å²) in [6.07, 6.45) is 8.00. The molecule has 1 aromatic rings. The Kier molecular flexibility index (Phi) is 5.63. The number of carbonyl (C=O) groups is 1. The third kappa shape index (κ3) is 3.84. The first-order chi connectivity index (χ1) is 9.74. The lowest BCUT2D eigenvalue weighted by Crippen LogP contribution is -2.13. The summed E-state index contributed by atoms with van der Waals surface area (Å²) in [6, 6.07) is 8.03. The van der Waals surface area contributed by atoms with E-state index in [0.29, 0.717) is 18.1 Å². The van der Waals surface area contributed by atoms with E-state index in [-0.39, 0.29) is 5.97 Å². The highest BCUT2D eigenvalue weighted by Crippen LogP contribution is 2.37. The minimum absolute atomic E-state index is 0.217. The molecule has 0 N–H and O–H groups in total. The second-order valence-corrected chi connectivity index (χ2v) is 5.85. The summed E-state index contributed by atoms with van der Waals surface area (Å²) >= 11 is 0. The standard InChI is InChI=1S/C18H26O2/c1-3-5-14-6-8-15(9-7-14)16-10-12-17(13-11-16)18(19)20-4-2/h10-15H,3-9H2,1-2H3. The Morgan fingerprint density at radius 3 is 2.30 bits per heavy atom. The highest BCUT2D eigenvalue weighted by molar-refractivity contribution is 5.89. The number of carbonyl (C=O) groups excluding carboxylic acids is 1. The molecule has 0 saturated heterocycles. The van der Waals surface area contributed by atoms with Crippen LogP contribution in [0.2, 0.25) is 0 Å². The summed E-state index contributed by atoms with van der Waals surface area (Å²) in [5.41, 5.74) is 2.04.